The molecule has 0 bridgehead atoms. The predicted molar refractivity (Wildman–Crippen MR) is 67.8 cm³/mol. The number of nitrogens with zero attached hydrogens (tertiary/aromatic N) is 1. The second-order valence-electron chi connectivity index (χ2n) is 3.82. The summed E-state index contributed by atoms with van der Waals surface area (Å²) in [6.45, 7) is 3.07. The monoisotopic (exact) mass is 257 g/mol. The van der Waals surface area contributed by atoms with E-state index in [4.69, 9.17) is 10.5 Å². The van der Waals surface area contributed by atoms with Crippen LogP contribution >= 0.6 is 11.3 Å². The summed E-state index contributed by atoms with van der Waals surface area (Å²) < 4.78 is 4.91. The van der Waals surface area contributed by atoms with E-state index in [1.54, 1.807) is 24.6 Å². The molecule has 1 aromatic heterocycles. The summed E-state index contributed by atoms with van der Waals surface area (Å²) in [5.74, 6) is -0.131. The van der Waals surface area contributed by atoms with Crippen molar-refractivity contribution in [3.63, 3.8) is 0 Å². The molecule has 0 aliphatic rings. The van der Waals surface area contributed by atoms with E-state index < -0.39 is 6.04 Å². The minimum absolute atomic E-state index is 0.131. The summed E-state index contributed by atoms with van der Waals surface area (Å²) >= 11 is 1.58. The minimum Gasteiger partial charge on any atom is -0.385 e. The number of nitrogens with one attached hydrogen (secondary N) is 1. The Bertz CT molecular complexity index is 354. The Morgan fingerprint density at radius 2 is 2.47 bits per heavy atom. The van der Waals surface area contributed by atoms with Gasteiger partial charge in [0.25, 0.3) is 0 Å². The lowest BCUT2D eigenvalue weighted by Crippen LogP contribution is -2.40. The topological polar surface area (TPSA) is 77.2 Å². The molecule has 0 aromatic carbocycles. The maximum atomic E-state index is 11.6. The van der Waals surface area contributed by atoms with Crippen molar-refractivity contribution >= 4 is 17.2 Å². The van der Waals surface area contributed by atoms with Gasteiger partial charge in [0.1, 0.15) is 5.01 Å². The Kier molecular flexibility index (Phi) is 6.10. The fourth-order valence-electron chi connectivity index (χ4n) is 1.36. The molecule has 6 heteroatoms. The van der Waals surface area contributed by atoms with Crippen molar-refractivity contribution in [2.24, 2.45) is 5.73 Å². The fourth-order valence-corrected chi connectivity index (χ4v) is 2.08. The first-order valence-electron chi connectivity index (χ1n) is 5.57. The van der Waals surface area contributed by atoms with Gasteiger partial charge in [0.2, 0.25) is 5.91 Å². The molecule has 0 radical (unpaired) electrons. The van der Waals surface area contributed by atoms with Crippen LogP contribution in [0.4, 0.5) is 0 Å². The molecular formula is C11H19N3O2S. The lowest BCUT2D eigenvalue weighted by atomic mass is 10.1. The van der Waals surface area contributed by atoms with E-state index in [1.165, 1.54) is 0 Å². The van der Waals surface area contributed by atoms with Crippen LogP contribution in [0.5, 0.6) is 0 Å². The summed E-state index contributed by atoms with van der Waals surface area (Å²) in [4.78, 5) is 16.9. The highest BCUT2D eigenvalue weighted by atomic mass is 32.1. The number of amides is 1. The van der Waals surface area contributed by atoms with Gasteiger partial charge in [0, 0.05) is 24.8 Å². The number of hydrogen-bond acceptors (Lipinski definition) is 5. The molecule has 96 valence electrons. The van der Waals surface area contributed by atoms with Gasteiger partial charge in [-0.3, -0.25) is 4.79 Å². The van der Waals surface area contributed by atoms with Crippen LogP contribution < -0.4 is 11.1 Å². The number of ether oxygens (including phenoxy) is 1. The van der Waals surface area contributed by atoms with Crippen LogP contribution in [0.25, 0.3) is 0 Å². The molecular weight excluding hydrogens is 238 g/mol. The second-order valence-corrected chi connectivity index (χ2v) is 5.14. The molecule has 1 aromatic rings. The molecule has 0 saturated carbocycles. The van der Waals surface area contributed by atoms with Crippen LogP contribution in [-0.2, 0) is 16.1 Å². The first-order valence-corrected chi connectivity index (χ1v) is 6.38. The van der Waals surface area contributed by atoms with E-state index >= 15 is 0 Å². The minimum atomic E-state index is -0.466. The van der Waals surface area contributed by atoms with Crippen LogP contribution in [0, 0.1) is 6.92 Å². The van der Waals surface area contributed by atoms with Crippen molar-refractivity contribution in [1.29, 1.82) is 0 Å². The number of aryl methyl sites for hydroxylation is 1. The molecule has 0 spiro atoms. The number of aromatic nitrogens is 1. The van der Waals surface area contributed by atoms with Gasteiger partial charge >= 0.3 is 0 Å². The lowest BCUT2D eigenvalue weighted by molar-refractivity contribution is -0.122. The van der Waals surface area contributed by atoms with Crippen molar-refractivity contribution in [3.05, 3.63) is 16.1 Å². The SMILES string of the molecule is COCCCC(N)C(=O)NCc1ncc(C)s1. The molecule has 0 aliphatic carbocycles. The molecule has 1 amide bonds. The van der Waals surface area contributed by atoms with E-state index in [0.29, 0.717) is 19.6 Å². The highest BCUT2D eigenvalue weighted by molar-refractivity contribution is 7.11. The molecule has 3 N–H and O–H groups in total. The van der Waals surface area contributed by atoms with E-state index in [1.807, 2.05) is 6.92 Å². The van der Waals surface area contributed by atoms with E-state index in [-0.39, 0.29) is 5.91 Å². The molecule has 0 fully saturated rings. The molecule has 1 unspecified atom stereocenters. The second kappa shape index (κ2) is 7.37. The molecule has 1 atom stereocenters. The van der Waals surface area contributed by atoms with E-state index in [0.717, 1.165) is 16.3 Å². The van der Waals surface area contributed by atoms with E-state index in [9.17, 15) is 4.79 Å². The van der Waals surface area contributed by atoms with Gasteiger partial charge in [-0.25, -0.2) is 4.98 Å². The Labute approximate surface area is 105 Å². The summed E-state index contributed by atoms with van der Waals surface area (Å²) in [7, 11) is 1.64. The molecule has 17 heavy (non-hydrogen) atoms. The van der Waals surface area contributed by atoms with E-state index in [2.05, 4.69) is 10.3 Å². The summed E-state index contributed by atoms with van der Waals surface area (Å²) in [6.07, 6.45) is 3.22. The standard InChI is InChI=1S/C11H19N3O2S/c1-8-6-13-10(17-8)7-14-11(15)9(12)4-3-5-16-2/h6,9H,3-5,7,12H2,1-2H3,(H,14,15). The normalized spacial score (nSPS) is 12.4. The zero-order chi connectivity index (χ0) is 12.7. The third kappa shape index (κ3) is 5.25. The van der Waals surface area contributed by atoms with Gasteiger partial charge in [-0.05, 0) is 19.8 Å². The van der Waals surface area contributed by atoms with Crippen molar-refractivity contribution < 1.29 is 9.53 Å². The van der Waals surface area contributed by atoms with Gasteiger partial charge in [-0.1, -0.05) is 0 Å². The van der Waals surface area contributed by atoms with Crippen LogP contribution in [0.2, 0.25) is 0 Å². The number of carbonyl (C=O) groups is 1. The molecule has 0 saturated heterocycles. The Morgan fingerprint density at radius 1 is 1.71 bits per heavy atom. The van der Waals surface area contributed by atoms with Crippen LogP contribution in [0.3, 0.4) is 0 Å². The fraction of sp³-hybridized carbons (Fsp3) is 0.636. The Morgan fingerprint density at radius 3 is 3.06 bits per heavy atom. The van der Waals surface area contributed by atoms with Crippen molar-refractivity contribution in [2.75, 3.05) is 13.7 Å². The van der Waals surface area contributed by atoms with Gasteiger partial charge in [-0.2, -0.15) is 0 Å². The number of nitrogens with two attached hydrogens (primary N) is 1. The Hall–Kier alpha value is -0.980. The van der Waals surface area contributed by atoms with Crippen LogP contribution in [0.15, 0.2) is 6.20 Å². The molecule has 1 heterocycles. The number of methoxy groups -OCH3 is 1. The third-order valence-electron chi connectivity index (χ3n) is 2.28. The maximum Gasteiger partial charge on any atom is 0.237 e. The molecule has 1 rings (SSSR count). The number of hydrogen-bond donors (Lipinski definition) is 2. The smallest absolute Gasteiger partial charge is 0.237 e. The van der Waals surface area contributed by atoms with Gasteiger partial charge < -0.3 is 15.8 Å². The lowest BCUT2D eigenvalue weighted by Gasteiger charge is -2.10. The predicted octanol–water partition coefficient (Wildman–Crippen LogP) is 0.822. The first-order chi connectivity index (χ1) is 8.13. The van der Waals surface area contributed by atoms with Gasteiger partial charge in [-0.15, -0.1) is 11.3 Å². The number of rotatable bonds is 7. The summed E-state index contributed by atoms with van der Waals surface area (Å²) in [5, 5.41) is 3.68. The van der Waals surface area contributed by atoms with Gasteiger partial charge in [0.15, 0.2) is 0 Å². The average Bonchev–Trinajstić information content (AvgIpc) is 2.72. The van der Waals surface area contributed by atoms with Crippen molar-refractivity contribution in [3.8, 4) is 0 Å². The molecule has 5 nitrogen and oxygen atoms in total. The zero-order valence-electron chi connectivity index (χ0n) is 10.2. The summed E-state index contributed by atoms with van der Waals surface area (Å²) in [6, 6.07) is -0.466. The number of thiazole rings is 1. The maximum absolute atomic E-state index is 11.6. The van der Waals surface area contributed by atoms with Crippen LogP contribution in [0.1, 0.15) is 22.7 Å². The van der Waals surface area contributed by atoms with Crippen molar-refractivity contribution in [1.82, 2.24) is 10.3 Å². The highest BCUT2D eigenvalue weighted by Gasteiger charge is 2.12. The van der Waals surface area contributed by atoms with Crippen molar-refractivity contribution in [2.45, 2.75) is 32.4 Å². The van der Waals surface area contributed by atoms with Gasteiger partial charge in [0.05, 0.1) is 12.6 Å². The number of carbonyl (C=O) groups excluding carboxylic acids is 1. The first kappa shape index (κ1) is 14.1. The van der Waals surface area contributed by atoms with Crippen LogP contribution in [-0.4, -0.2) is 30.6 Å². The third-order valence-corrected chi connectivity index (χ3v) is 3.20. The largest absolute Gasteiger partial charge is 0.385 e. The summed E-state index contributed by atoms with van der Waals surface area (Å²) in [5.41, 5.74) is 5.74. The highest BCUT2D eigenvalue weighted by Crippen LogP contribution is 2.10. The average molecular weight is 257 g/mol. The quantitative estimate of drug-likeness (QED) is 0.709. The molecule has 0 aliphatic heterocycles. The Balaban J connectivity index is 2.24. The zero-order valence-corrected chi connectivity index (χ0v) is 11.0.